The molecule has 5 aromatic rings. The number of hydrogen-bond donors (Lipinski definition) is 0. The first-order valence-corrected chi connectivity index (χ1v) is 21.2. The molecule has 268 valence electrons. The second-order valence-electron chi connectivity index (χ2n) is 14.6. The SMILES string of the molecule is Cc1cc(C)cc(P(c2cc(C)cc(C)c2)c2ccccc2[C]2[CH][CH][CH][C]2[C@@H](C)P(c2cc(C)cc(C)c2)c2cc(C)cc(C)c2)c1.[CH]1[CH][CH][CH][CH]1.[Fe+2]. The average molecular weight is 771 g/mol. The van der Waals surface area contributed by atoms with Crippen LogP contribution in [0.3, 0.4) is 0 Å². The van der Waals surface area contributed by atoms with Crippen LogP contribution in [0, 0.1) is 119 Å². The van der Waals surface area contributed by atoms with Crippen LogP contribution in [0.5, 0.6) is 0 Å². The topological polar surface area (TPSA) is 0 Å². The molecular formula is C50H52FeP2+2. The Morgan fingerprint density at radius 1 is 0.415 bits per heavy atom. The molecule has 2 fully saturated rings. The van der Waals surface area contributed by atoms with E-state index in [0.29, 0.717) is 5.66 Å². The maximum Gasteiger partial charge on any atom is 2.00 e. The van der Waals surface area contributed by atoms with Crippen molar-refractivity contribution in [2.75, 3.05) is 0 Å². The van der Waals surface area contributed by atoms with Gasteiger partial charge in [0.05, 0.1) is 0 Å². The summed E-state index contributed by atoms with van der Waals surface area (Å²) in [6.07, 6.45) is 17.1. The molecule has 0 spiro atoms. The Morgan fingerprint density at radius 3 is 1.17 bits per heavy atom. The normalized spacial score (nSPS) is 15.4. The molecule has 53 heavy (non-hydrogen) atoms. The van der Waals surface area contributed by atoms with Gasteiger partial charge in [-0.2, -0.15) is 0 Å². The van der Waals surface area contributed by atoms with Crippen LogP contribution in [0.2, 0.25) is 0 Å². The van der Waals surface area contributed by atoms with Gasteiger partial charge in [-0.15, -0.1) is 0 Å². The molecule has 10 radical (unpaired) electrons. The fraction of sp³-hybridized carbons (Fsp3) is 0.200. The summed E-state index contributed by atoms with van der Waals surface area (Å²) in [5.74, 6) is 2.81. The van der Waals surface area contributed by atoms with E-state index in [1.165, 1.54) is 88.4 Å². The Balaban J connectivity index is 0.000000833. The molecule has 0 heterocycles. The zero-order valence-corrected chi connectivity index (χ0v) is 35.6. The van der Waals surface area contributed by atoms with Gasteiger partial charge in [-0.3, -0.25) is 0 Å². The molecule has 0 saturated heterocycles. The molecule has 0 bridgehead atoms. The van der Waals surface area contributed by atoms with E-state index in [0.717, 1.165) is 0 Å². The Morgan fingerprint density at radius 2 is 0.774 bits per heavy atom. The van der Waals surface area contributed by atoms with Crippen LogP contribution < -0.4 is 26.5 Å². The summed E-state index contributed by atoms with van der Waals surface area (Å²) in [6.45, 7) is 20.4. The standard InChI is InChI=1S/C45H47P2.C5H5.Fe/c1-29-17-30(2)22-38(21-29)46(39-23-31(3)18-32(4)24-39)37(9)42-14-12-15-43(42)44-13-10-11-16-45(44)47(40-25-33(5)19-34(6)26-40)41-27-35(7)20-36(8)28-41;1-2-4-5-3-1;/h10-28,37H,1-9H3;1-5H;/q;;+2/t37-;;/m1../s1. The van der Waals surface area contributed by atoms with Gasteiger partial charge in [0.1, 0.15) is 0 Å². The molecule has 2 aliphatic rings. The minimum absolute atomic E-state index is 0. The maximum absolute atomic E-state index is 2.47. The third-order valence-electron chi connectivity index (χ3n) is 9.58. The van der Waals surface area contributed by atoms with Crippen molar-refractivity contribution in [3.63, 3.8) is 0 Å². The van der Waals surface area contributed by atoms with Gasteiger partial charge in [-0.25, -0.2) is 0 Å². The zero-order chi connectivity index (χ0) is 36.9. The van der Waals surface area contributed by atoms with Crippen LogP contribution >= 0.6 is 15.8 Å². The van der Waals surface area contributed by atoms with Crippen molar-refractivity contribution >= 4 is 42.4 Å². The van der Waals surface area contributed by atoms with E-state index >= 15 is 0 Å². The minimum atomic E-state index is -0.783. The summed E-state index contributed by atoms with van der Waals surface area (Å²) in [6, 6.07) is 37.8. The van der Waals surface area contributed by atoms with E-state index in [9.17, 15) is 0 Å². The Bertz CT molecular complexity index is 1800. The van der Waals surface area contributed by atoms with Crippen molar-refractivity contribution in [3.8, 4) is 0 Å². The molecule has 0 N–H and O–H groups in total. The van der Waals surface area contributed by atoms with Crippen LogP contribution in [-0.4, -0.2) is 5.66 Å². The molecule has 0 nitrogen and oxygen atoms in total. The predicted molar refractivity (Wildman–Crippen MR) is 232 cm³/mol. The maximum atomic E-state index is 2.47. The Kier molecular flexibility index (Phi) is 14.8. The molecule has 5 aromatic carbocycles. The van der Waals surface area contributed by atoms with Gasteiger partial charge in [-0.05, 0) is 166 Å². The summed E-state index contributed by atoms with van der Waals surface area (Å²) < 4.78 is 0. The van der Waals surface area contributed by atoms with Crippen LogP contribution in [-0.2, 0) is 17.1 Å². The second kappa shape index (κ2) is 18.9. The predicted octanol–water partition coefficient (Wildman–Crippen LogP) is 10.6. The fourth-order valence-corrected chi connectivity index (χ4v) is 13.7. The minimum Gasteiger partial charge on any atom is -0.0619 e. The van der Waals surface area contributed by atoms with Crippen molar-refractivity contribution in [1.82, 2.24) is 0 Å². The molecular weight excluding hydrogens is 718 g/mol. The molecule has 0 amide bonds. The first kappa shape index (κ1) is 41.6. The van der Waals surface area contributed by atoms with Crippen molar-refractivity contribution in [3.05, 3.63) is 210 Å². The molecule has 0 aliphatic heterocycles. The van der Waals surface area contributed by atoms with Crippen molar-refractivity contribution in [2.45, 2.75) is 68.0 Å². The molecule has 1 atom stereocenters. The van der Waals surface area contributed by atoms with Gasteiger partial charge in [-0.1, -0.05) is 148 Å². The molecule has 0 unspecified atom stereocenters. The van der Waals surface area contributed by atoms with Gasteiger partial charge in [0, 0.05) is 5.92 Å². The average Bonchev–Trinajstić information content (AvgIpc) is 3.80. The van der Waals surface area contributed by atoms with Crippen LogP contribution in [0.25, 0.3) is 0 Å². The number of benzene rings is 5. The van der Waals surface area contributed by atoms with E-state index in [-0.39, 0.29) is 17.1 Å². The molecule has 0 aromatic heterocycles. The van der Waals surface area contributed by atoms with Gasteiger partial charge in [0.15, 0.2) is 0 Å². The van der Waals surface area contributed by atoms with Crippen molar-refractivity contribution < 1.29 is 17.1 Å². The van der Waals surface area contributed by atoms with Gasteiger partial charge < -0.3 is 0 Å². The summed E-state index contributed by atoms with van der Waals surface area (Å²) in [5, 5.41) is 7.19. The Labute approximate surface area is 336 Å². The van der Waals surface area contributed by atoms with Crippen LogP contribution in [0.1, 0.15) is 57.0 Å². The summed E-state index contributed by atoms with van der Waals surface area (Å²) in [7, 11) is -1.44. The van der Waals surface area contributed by atoms with Gasteiger partial charge >= 0.3 is 17.1 Å². The van der Waals surface area contributed by atoms with E-state index in [1.54, 1.807) is 0 Å². The van der Waals surface area contributed by atoms with Gasteiger partial charge in [0.2, 0.25) is 0 Å². The number of rotatable bonds is 8. The number of aryl methyl sites for hydroxylation is 8. The smallest absolute Gasteiger partial charge is 0.0619 e. The first-order valence-electron chi connectivity index (χ1n) is 18.4. The largest absolute Gasteiger partial charge is 2.00 e. The summed E-state index contributed by atoms with van der Waals surface area (Å²) in [4.78, 5) is 0. The molecule has 2 saturated carbocycles. The van der Waals surface area contributed by atoms with Crippen LogP contribution in [0.4, 0.5) is 0 Å². The van der Waals surface area contributed by atoms with Crippen molar-refractivity contribution in [1.29, 1.82) is 0 Å². The third-order valence-corrected chi connectivity index (χ3v) is 14.7. The first-order chi connectivity index (χ1) is 25.0. The molecule has 2 aliphatic carbocycles. The van der Waals surface area contributed by atoms with E-state index in [2.05, 4.69) is 179 Å². The quantitative estimate of drug-likeness (QED) is 0.109. The monoisotopic (exact) mass is 770 g/mol. The Hall–Kier alpha value is -2.52. The van der Waals surface area contributed by atoms with E-state index in [4.69, 9.17) is 0 Å². The van der Waals surface area contributed by atoms with Crippen LogP contribution in [0.15, 0.2) is 97.1 Å². The second-order valence-corrected chi connectivity index (χ2v) is 19.4. The third kappa shape index (κ3) is 10.4. The molecule has 7 rings (SSSR count). The van der Waals surface area contributed by atoms with Crippen molar-refractivity contribution in [2.24, 2.45) is 0 Å². The van der Waals surface area contributed by atoms with E-state index < -0.39 is 15.8 Å². The molecule has 3 heteroatoms. The van der Waals surface area contributed by atoms with Gasteiger partial charge in [0.25, 0.3) is 0 Å². The number of hydrogen-bond acceptors (Lipinski definition) is 0. The van der Waals surface area contributed by atoms with E-state index in [1.807, 2.05) is 32.1 Å². The summed E-state index contributed by atoms with van der Waals surface area (Å²) >= 11 is 0. The summed E-state index contributed by atoms with van der Waals surface area (Å²) in [5.41, 5.74) is 12.3. The fourth-order valence-electron chi connectivity index (χ4n) is 7.76. The zero-order valence-electron chi connectivity index (χ0n) is 32.7.